The zero-order valence-corrected chi connectivity index (χ0v) is 21.5. The van der Waals surface area contributed by atoms with Crippen LogP contribution in [0, 0.1) is 6.92 Å². The molecule has 0 saturated carbocycles. The molecular weight excluding hydrogens is 544 g/mol. The Kier molecular flexibility index (Phi) is 6.44. The third kappa shape index (κ3) is 4.86. The van der Waals surface area contributed by atoms with Crippen molar-refractivity contribution >= 4 is 28.5 Å². The molecule has 4 aromatic rings. The summed E-state index contributed by atoms with van der Waals surface area (Å²) in [6.07, 6.45) is -8.01. The number of rotatable bonds is 3. The van der Waals surface area contributed by atoms with Crippen molar-refractivity contribution < 1.29 is 31.1 Å². The molecule has 11 heteroatoms. The normalized spacial score (nSPS) is 18.2. The number of aryl methyl sites for hydroxylation is 1. The van der Waals surface area contributed by atoms with Gasteiger partial charge in [-0.2, -0.15) is 26.3 Å². The Bertz CT molecular complexity index is 1580. The van der Waals surface area contributed by atoms with Crippen LogP contribution in [0.15, 0.2) is 54.6 Å². The Morgan fingerprint density at radius 1 is 1.00 bits per heavy atom. The number of halogens is 7. The average Bonchev–Trinajstić information content (AvgIpc) is 3.46. The monoisotopic (exact) mass is 565 g/mol. The van der Waals surface area contributed by atoms with E-state index in [1.807, 2.05) is 0 Å². The number of carbonyl (C=O) groups excluding carboxylic acids is 1. The van der Waals surface area contributed by atoms with Gasteiger partial charge in [0.25, 0.3) is 5.91 Å². The van der Waals surface area contributed by atoms with Gasteiger partial charge in [0, 0.05) is 12.1 Å². The van der Waals surface area contributed by atoms with Crippen LogP contribution in [0.1, 0.15) is 52.6 Å². The van der Waals surface area contributed by atoms with Crippen molar-refractivity contribution in [3.8, 4) is 11.1 Å². The van der Waals surface area contributed by atoms with Gasteiger partial charge in [0.15, 0.2) is 0 Å². The molecule has 1 unspecified atom stereocenters. The minimum Gasteiger partial charge on any atom is -0.340 e. The van der Waals surface area contributed by atoms with Crippen molar-refractivity contribution in [2.75, 3.05) is 6.54 Å². The second kappa shape index (κ2) is 9.29. The van der Waals surface area contributed by atoms with Gasteiger partial charge in [-0.3, -0.25) is 4.79 Å². The molecule has 0 spiro atoms. The number of benzene rings is 3. The topological polar surface area (TPSA) is 49.0 Å². The number of hydrogen-bond acceptors (Lipinski definition) is 2. The average molecular weight is 566 g/mol. The fourth-order valence-electron chi connectivity index (χ4n) is 5.11. The molecule has 1 aliphatic rings. The van der Waals surface area contributed by atoms with E-state index in [0.717, 1.165) is 29.8 Å². The molecule has 1 N–H and O–H groups in total. The molecule has 5 rings (SSSR count). The van der Waals surface area contributed by atoms with E-state index in [9.17, 15) is 31.1 Å². The molecule has 39 heavy (non-hydrogen) atoms. The number of imidazole rings is 1. The van der Waals surface area contributed by atoms with Gasteiger partial charge in [-0.25, -0.2) is 4.98 Å². The second-order valence-corrected chi connectivity index (χ2v) is 10.3. The van der Waals surface area contributed by atoms with Crippen LogP contribution in [0.5, 0.6) is 0 Å². The zero-order valence-electron chi connectivity index (χ0n) is 20.8. The molecule has 2 heterocycles. The summed E-state index contributed by atoms with van der Waals surface area (Å²) in [7, 11) is 0. The fourth-order valence-corrected chi connectivity index (χ4v) is 5.37. The third-order valence-electron chi connectivity index (χ3n) is 7.20. The van der Waals surface area contributed by atoms with Crippen LogP contribution in [-0.4, -0.2) is 27.3 Å². The van der Waals surface area contributed by atoms with E-state index in [1.165, 1.54) is 12.1 Å². The van der Waals surface area contributed by atoms with E-state index >= 15 is 0 Å². The number of aromatic amines is 1. The van der Waals surface area contributed by atoms with Crippen LogP contribution in [0.2, 0.25) is 5.02 Å². The van der Waals surface area contributed by atoms with Gasteiger partial charge in [-0.15, -0.1) is 0 Å². The lowest BCUT2D eigenvalue weighted by Crippen LogP contribution is -2.43. The quantitative estimate of drug-likeness (QED) is 0.254. The summed E-state index contributed by atoms with van der Waals surface area (Å²) >= 11 is 5.87. The number of nitrogens with zero attached hydrogens (tertiary/aromatic N) is 2. The van der Waals surface area contributed by atoms with Gasteiger partial charge in [-0.1, -0.05) is 41.4 Å². The molecule has 1 atom stereocenters. The molecule has 204 valence electrons. The summed E-state index contributed by atoms with van der Waals surface area (Å²) < 4.78 is 79.4. The Labute approximate surface area is 224 Å². The van der Waals surface area contributed by atoms with Crippen LogP contribution in [-0.2, 0) is 17.9 Å². The minimum absolute atomic E-state index is 0.142. The summed E-state index contributed by atoms with van der Waals surface area (Å²) in [5.74, 6) is -0.0365. The SMILES string of the molecule is Cc1ccc(-c2ccc(C(F)(F)F)cc2)c(C(=O)N2CCCC2(C)c2nc3cc(Cl)c(C(F)(F)F)cc3[nH]2)c1. The van der Waals surface area contributed by atoms with E-state index in [0.29, 0.717) is 41.9 Å². The Hall–Kier alpha value is -3.53. The lowest BCUT2D eigenvalue weighted by Gasteiger charge is -2.34. The van der Waals surface area contributed by atoms with Crippen LogP contribution < -0.4 is 0 Å². The van der Waals surface area contributed by atoms with E-state index in [2.05, 4.69) is 9.97 Å². The van der Waals surface area contributed by atoms with Gasteiger partial charge < -0.3 is 9.88 Å². The Balaban J connectivity index is 1.55. The first-order chi connectivity index (χ1) is 18.2. The minimum atomic E-state index is -4.64. The number of nitrogens with one attached hydrogen (secondary N) is 1. The van der Waals surface area contributed by atoms with E-state index < -0.39 is 34.0 Å². The van der Waals surface area contributed by atoms with Crippen LogP contribution in [0.3, 0.4) is 0 Å². The largest absolute Gasteiger partial charge is 0.417 e. The maximum Gasteiger partial charge on any atom is 0.417 e. The maximum atomic E-state index is 14.0. The zero-order chi connectivity index (χ0) is 28.3. The highest BCUT2D eigenvalue weighted by molar-refractivity contribution is 6.32. The van der Waals surface area contributed by atoms with Crippen LogP contribution >= 0.6 is 11.6 Å². The van der Waals surface area contributed by atoms with Gasteiger partial charge in [0.05, 0.1) is 32.7 Å². The molecule has 0 bridgehead atoms. The van der Waals surface area contributed by atoms with E-state index in [4.69, 9.17) is 11.6 Å². The number of H-pyrrole nitrogens is 1. The molecule has 1 aromatic heterocycles. The maximum absolute atomic E-state index is 14.0. The molecular formula is C28H22ClF6N3O. The molecule has 0 aliphatic carbocycles. The smallest absolute Gasteiger partial charge is 0.340 e. The number of carbonyl (C=O) groups is 1. The van der Waals surface area contributed by atoms with Gasteiger partial charge in [-0.05, 0) is 68.1 Å². The predicted molar refractivity (Wildman–Crippen MR) is 135 cm³/mol. The van der Waals surface area contributed by atoms with Crippen LogP contribution in [0.25, 0.3) is 22.2 Å². The van der Waals surface area contributed by atoms with Crippen molar-refractivity contribution in [2.24, 2.45) is 0 Å². The lowest BCUT2D eigenvalue weighted by molar-refractivity contribution is -0.138. The first-order valence-corrected chi connectivity index (χ1v) is 12.4. The number of aromatic nitrogens is 2. The first-order valence-electron chi connectivity index (χ1n) is 12.1. The summed E-state index contributed by atoms with van der Waals surface area (Å²) in [6, 6.07) is 11.8. The number of fused-ring (bicyclic) bond motifs is 1. The van der Waals surface area contributed by atoms with Crippen molar-refractivity contribution in [3.63, 3.8) is 0 Å². The number of amides is 1. The summed E-state index contributed by atoms with van der Waals surface area (Å²) in [5.41, 5.74) is -0.358. The molecule has 1 saturated heterocycles. The highest BCUT2D eigenvalue weighted by Gasteiger charge is 2.44. The van der Waals surface area contributed by atoms with Crippen molar-refractivity contribution in [1.82, 2.24) is 14.9 Å². The van der Waals surface area contributed by atoms with Crippen LogP contribution in [0.4, 0.5) is 26.3 Å². The summed E-state index contributed by atoms with van der Waals surface area (Å²) in [5, 5.41) is -0.474. The van der Waals surface area contributed by atoms with Gasteiger partial charge in [0.2, 0.25) is 0 Å². The van der Waals surface area contributed by atoms with E-state index in [-0.39, 0.29) is 16.9 Å². The summed E-state index contributed by atoms with van der Waals surface area (Å²) in [6.45, 7) is 3.95. The number of likely N-dealkylation sites (tertiary alicyclic amines) is 1. The number of hydrogen-bond donors (Lipinski definition) is 1. The van der Waals surface area contributed by atoms with Crippen molar-refractivity contribution in [1.29, 1.82) is 0 Å². The molecule has 1 aliphatic heterocycles. The molecule has 3 aromatic carbocycles. The Morgan fingerprint density at radius 2 is 1.69 bits per heavy atom. The highest BCUT2D eigenvalue weighted by Crippen LogP contribution is 2.42. The standard InChI is InChI=1S/C28H22ClF6N3O/c1-15-4-9-18(16-5-7-17(8-6-16)27(30,31)32)19(12-15)24(39)38-11-3-10-26(38,2)25-36-22-13-20(28(33,34)35)21(29)14-23(22)37-25/h4-9,12-14H,3,10-11H2,1-2H3,(H,36,37). The fraction of sp³-hybridized carbons (Fsp3) is 0.286. The second-order valence-electron chi connectivity index (χ2n) is 9.89. The Morgan fingerprint density at radius 3 is 2.33 bits per heavy atom. The predicted octanol–water partition coefficient (Wildman–Crippen LogP) is 8.38. The first kappa shape index (κ1) is 27.1. The molecule has 1 fully saturated rings. The molecule has 1 amide bonds. The van der Waals surface area contributed by atoms with Crippen molar-refractivity contribution in [2.45, 2.75) is 44.6 Å². The van der Waals surface area contributed by atoms with E-state index in [1.54, 1.807) is 36.9 Å². The third-order valence-corrected chi connectivity index (χ3v) is 7.51. The number of alkyl halides is 6. The molecule has 0 radical (unpaired) electrons. The van der Waals surface area contributed by atoms with Gasteiger partial charge in [0.1, 0.15) is 5.82 Å². The summed E-state index contributed by atoms with van der Waals surface area (Å²) in [4.78, 5) is 23.1. The lowest BCUT2D eigenvalue weighted by atomic mass is 9.93. The van der Waals surface area contributed by atoms with Gasteiger partial charge >= 0.3 is 12.4 Å². The van der Waals surface area contributed by atoms with Crippen molar-refractivity contribution in [3.05, 3.63) is 87.7 Å². The molecule has 4 nitrogen and oxygen atoms in total. The highest BCUT2D eigenvalue weighted by atomic mass is 35.5.